The Morgan fingerprint density at radius 2 is 2.21 bits per heavy atom. The Morgan fingerprint density at radius 3 is 2.86 bits per heavy atom. The molecule has 76 valence electrons. The number of carbonyl (C=O) groups excluding carboxylic acids is 1. The standard InChI is InChI=1S/C10H10ClNO.ClH/c11-7-1-2-8-6(5-12)3-10(13)9(8)4-7;/h1-2,4,6H,3,5,12H2;1H. The van der Waals surface area contributed by atoms with E-state index in [2.05, 4.69) is 0 Å². The molecule has 0 heterocycles. The van der Waals surface area contributed by atoms with Gasteiger partial charge in [-0.1, -0.05) is 17.7 Å². The molecule has 2 nitrogen and oxygen atoms in total. The molecule has 1 aromatic rings. The minimum atomic E-state index is 0. The van der Waals surface area contributed by atoms with Crippen LogP contribution in [0.2, 0.25) is 5.02 Å². The van der Waals surface area contributed by atoms with E-state index < -0.39 is 0 Å². The van der Waals surface area contributed by atoms with Crippen LogP contribution in [0, 0.1) is 0 Å². The number of nitrogens with two attached hydrogens (primary N) is 1. The zero-order valence-electron chi connectivity index (χ0n) is 7.50. The first kappa shape index (κ1) is 11.5. The number of Topliss-reactive ketones (excluding diaryl/α,β-unsaturated/α-hetero) is 1. The van der Waals surface area contributed by atoms with Crippen molar-refractivity contribution >= 4 is 29.8 Å². The van der Waals surface area contributed by atoms with Crippen molar-refractivity contribution in [3.05, 3.63) is 34.3 Å². The average molecular weight is 232 g/mol. The molecule has 0 bridgehead atoms. The molecule has 2 rings (SSSR count). The first-order valence-electron chi connectivity index (χ1n) is 4.25. The van der Waals surface area contributed by atoms with E-state index >= 15 is 0 Å². The molecule has 4 heteroatoms. The SMILES string of the molecule is Cl.NCC1CC(=O)c2cc(Cl)ccc21. The van der Waals surface area contributed by atoms with E-state index in [1.807, 2.05) is 12.1 Å². The summed E-state index contributed by atoms with van der Waals surface area (Å²) in [5.74, 6) is 0.354. The van der Waals surface area contributed by atoms with Gasteiger partial charge < -0.3 is 5.73 Å². The maximum atomic E-state index is 11.5. The van der Waals surface area contributed by atoms with Crippen LogP contribution in [-0.4, -0.2) is 12.3 Å². The van der Waals surface area contributed by atoms with Crippen molar-refractivity contribution in [2.24, 2.45) is 5.73 Å². The molecular weight excluding hydrogens is 221 g/mol. The van der Waals surface area contributed by atoms with Gasteiger partial charge in [0.15, 0.2) is 5.78 Å². The Balaban J connectivity index is 0.000000980. The molecule has 0 saturated carbocycles. The third-order valence-electron chi connectivity index (χ3n) is 2.47. The molecule has 1 aromatic carbocycles. The summed E-state index contributed by atoms with van der Waals surface area (Å²) in [4.78, 5) is 11.5. The molecule has 0 spiro atoms. The van der Waals surface area contributed by atoms with E-state index in [1.165, 1.54) is 0 Å². The van der Waals surface area contributed by atoms with Crippen LogP contribution in [0.5, 0.6) is 0 Å². The molecular formula is C10H11Cl2NO. The monoisotopic (exact) mass is 231 g/mol. The molecule has 0 aromatic heterocycles. The van der Waals surface area contributed by atoms with Gasteiger partial charge in [-0.2, -0.15) is 0 Å². The van der Waals surface area contributed by atoms with E-state index in [0.29, 0.717) is 18.0 Å². The third-order valence-corrected chi connectivity index (χ3v) is 2.71. The highest BCUT2D eigenvalue weighted by atomic mass is 35.5. The van der Waals surface area contributed by atoms with E-state index in [1.54, 1.807) is 6.07 Å². The van der Waals surface area contributed by atoms with Crippen molar-refractivity contribution in [3.8, 4) is 0 Å². The average Bonchev–Trinajstić information content (AvgIpc) is 2.43. The number of hydrogen-bond acceptors (Lipinski definition) is 2. The van der Waals surface area contributed by atoms with Crippen molar-refractivity contribution in [1.29, 1.82) is 0 Å². The van der Waals surface area contributed by atoms with Crippen LogP contribution in [0.25, 0.3) is 0 Å². The number of halogens is 2. The maximum absolute atomic E-state index is 11.5. The van der Waals surface area contributed by atoms with E-state index in [-0.39, 0.29) is 24.1 Å². The van der Waals surface area contributed by atoms with Gasteiger partial charge in [0.25, 0.3) is 0 Å². The van der Waals surface area contributed by atoms with E-state index in [0.717, 1.165) is 11.1 Å². The summed E-state index contributed by atoms with van der Waals surface area (Å²) < 4.78 is 0. The summed E-state index contributed by atoms with van der Waals surface area (Å²) in [6.07, 6.45) is 0.534. The minimum absolute atomic E-state index is 0. The zero-order chi connectivity index (χ0) is 9.42. The van der Waals surface area contributed by atoms with Gasteiger partial charge in [0.2, 0.25) is 0 Å². The van der Waals surface area contributed by atoms with Gasteiger partial charge in [0, 0.05) is 22.9 Å². The highest BCUT2D eigenvalue weighted by Crippen LogP contribution is 2.33. The third kappa shape index (κ3) is 1.78. The fraction of sp³-hybridized carbons (Fsp3) is 0.300. The fourth-order valence-corrected chi connectivity index (χ4v) is 1.95. The Bertz CT molecular complexity index is 365. The number of fused-ring (bicyclic) bond motifs is 1. The maximum Gasteiger partial charge on any atom is 0.163 e. The molecule has 2 N–H and O–H groups in total. The second-order valence-corrected chi connectivity index (χ2v) is 3.73. The van der Waals surface area contributed by atoms with Crippen LogP contribution in [0.1, 0.15) is 28.3 Å². The van der Waals surface area contributed by atoms with Crippen LogP contribution in [-0.2, 0) is 0 Å². The fourth-order valence-electron chi connectivity index (χ4n) is 1.78. The normalized spacial score (nSPS) is 19.0. The topological polar surface area (TPSA) is 43.1 Å². The van der Waals surface area contributed by atoms with Crippen molar-refractivity contribution in [3.63, 3.8) is 0 Å². The summed E-state index contributed by atoms with van der Waals surface area (Å²) in [7, 11) is 0. The van der Waals surface area contributed by atoms with Crippen molar-refractivity contribution in [2.75, 3.05) is 6.54 Å². The van der Waals surface area contributed by atoms with Crippen molar-refractivity contribution < 1.29 is 4.79 Å². The van der Waals surface area contributed by atoms with Crippen molar-refractivity contribution in [1.82, 2.24) is 0 Å². The van der Waals surface area contributed by atoms with Gasteiger partial charge in [0.05, 0.1) is 0 Å². The molecule has 1 aliphatic rings. The number of carbonyl (C=O) groups is 1. The van der Waals surface area contributed by atoms with Gasteiger partial charge in [-0.3, -0.25) is 4.79 Å². The van der Waals surface area contributed by atoms with Crippen LogP contribution in [0.4, 0.5) is 0 Å². The lowest BCUT2D eigenvalue weighted by molar-refractivity contribution is 0.0989. The second-order valence-electron chi connectivity index (χ2n) is 3.29. The number of rotatable bonds is 1. The quantitative estimate of drug-likeness (QED) is 0.807. The summed E-state index contributed by atoms with van der Waals surface area (Å²) >= 11 is 5.80. The van der Waals surface area contributed by atoms with Crippen LogP contribution < -0.4 is 5.73 Å². The molecule has 0 saturated heterocycles. The first-order chi connectivity index (χ1) is 6.22. The smallest absolute Gasteiger partial charge is 0.163 e. The molecule has 1 atom stereocenters. The zero-order valence-corrected chi connectivity index (χ0v) is 9.07. The van der Waals surface area contributed by atoms with Gasteiger partial charge in [-0.15, -0.1) is 12.4 Å². The first-order valence-corrected chi connectivity index (χ1v) is 4.63. The van der Waals surface area contributed by atoms with Crippen LogP contribution in [0.3, 0.4) is 0 Å². The molecule has 1 aliphatic carbocycles. The molecule has 0 fully saturated rings. The lowest BCUT2D eigenvalue weighted by Gasteiger charge is -2.05. The predicted molar refractivity (Wildman–Crippen MR) is 59.4 cm³/mol. The molecule has 0 amide bonds. The predicted octanol–water partition coefficient (Wildman–Crippen LogP) is 2.39. The van der Waals surface area contributed by atoms with Crippen LogP contribution >= 0.6 is 24.0 Å². The van der Waals surface area contributed by atoms with Gasteiger partial charge in [-0.05, 0) is 24.2 Å². The summed E-state index contributed by atoms with van der Waals surface area (Å²) in [6, 6.07) is 5.44. The molecule has 1 unspecified atom stereocenters. The Morgan fingerprint density at radius 1 is 1.50 bits per heavy atom. The van der Waals surface area contributed by atoms with Gasteiger partial charge in [-0.25, -0.2) is 0 Å². The van der Waals surface area contributed by atoms with E-state index in [4.69, 9.17) is 17.3 Å². The highest BCUT2D eigenvalue weighted by molar-refractivity contribution is 6.31. The van der Waals surface area contributed by atoms with Gasteiger partial charge >= 0.3 is 0 Å². The van der Waals surface area contributed by atoms with Crippen molar-refractivity contribution in [2.45, 2.75) is 12.3 Å². The Hall–Kier alpha value is -0.570. The number of benzene rings is 1. The molecule has 0 radical (unpaired) electrons. The Kier molecular flexibility index (Phi) is 3.53. The lowest BCUT2D eigenvalue weighted by atomic mass is 10.0. The largest absolute Gasteiger partial charge is 0.330 e. The molecule has 14 heavy (non-hydrogen) atoms. The summed E-state index contributed by atoms with van der Waals surface area (Å²) in [5.41, 5.74) is 7.37. The minimum Gasteiger partial charge on any atom is -0.330 e. The van der Waals surface area contributed by atoms with Gasteiger partial charge in [0.1, 0.15) is 0 Å². The number of ketones is 1. The summed E-state index contributed by atoms with van der Waals surface area (Å²) in [5, 5.41) is 0.616. The lowest BCUT2D eigenvalue weighted by Crippen LogP contribution is -2.09. The Labute approximate surface area is 93.8 Å². The summed E-state index contributed by atoms with van der Waals surface area (Å²) in [6.45, 7) is 0.528. The molecule has 0 aliphatic heterocycles. The number of hydrogen-bond donors (Lipinski definition) is 1. The van der Waals surface area contributed by atoms with Crippen LogP contribution in [0.15, 0.2) is 18.2 Å². The second kappa shape index (κ2) is 4.30. The van der Waals surface area contributed by atoms with E-state index in [9.17, 15) is 4.79 Å². The highest BCUT2D eigenvalue weighted by Gasteiger charge is 2.27.